The van der Waals surface area contributed by atoms with E-state index in [4.69, 9.17) is 23.1 Å². The quantitative estimate of drug-likeness (QED) is 0.445. The molecule has 7 nitrogen and oxygen atoms in total. The zero-order valence-corrected chi connectivity index (χ0v) is 20.2. The molecular weight excluding hydrogens is 468 g/mol. The van der Waals surface area contributed by atoms with E-state index in [0.29, 0.717) is 6.61 Å². The number of fused-ring (bicyclic) bond motifs is 1. The predicted octanol–water partition coefficient (Wildman–Crippen LogP) is 4.51. The molecule has 2 fully saturated rings. The Morgan fingerprint density at radius 2 is 1.54 bits per heavy atom. The van der Waals surface area contributed by atoms with Crippen LogP contribution in [0.4, 0.5) is 0 Å². The van der Waals surface area contributed by atoms with Crippen LogP contribution in [-0.2, 0) is 39.9 Å². The first-order valence-corrected chi connectivity index (χ1v) is 13.0. The second kappa shape index (κ2) is 10.6. The van der Waals surface area contributed by atoms with Crippen LogP contribution in [0.5, 0.6) is 0 Å². The Bertz CT molecular complexity index is 1200. The van der Waals surface area contributed by atoms with Crippen molar-refractivity contribution in [3.63, 3.8) is 0 Å². The van der Waals surface area contributed by atoms with E-state index in [-0.39, 0.29) is 17.9 Å². The maximum Gasteiger partial charge on any atom is 0.297 e. The molecule has 0 radical (unpaired) electrons. The fourth-order valence-corrected chi connectivity index (χ4v) is 5.28. The Hall–Kier alpha value is -2.59. The van der Waals surface area contributed by atoms with Crippen LogP contribution < -0.4 is 0 Å². The van der Waals surface area contributed by atoms with Crippen LogP contribution in [0, 0.1) is 6.92 Å². The van der Waals surface area contributed by atoms with E-state index in [2.05, 4.69) is 0 Å². The molecule has 3 aromatic carbocycles. The van der Waals surface area contributed by atoms with Crippen LogP contribution in [0.3, 0.4) is 0 Å². The molecule has 0 bridgehead atoms. The largest absolute Gasteiger partial charge is 0.346 e. The third-order valence-electron chi connectivity index (χ3n) is 6.09. The minimum atomic E-state index is -4.04. The molecule has 2 saturated heterocycles. The normalized spacial score (nSPS) is 26.7. The van der Waals surface area contributed by atoms with Gasteiger partial charge in [0, 0.05) is 12.0 Å². The summed E-state index contributed by atoms with van der Waals surface area (Å²) in [6, 6.07) is 25.8. The molecule has 0 aliphatic carbocycles. The highest BCUT2D eigenvalue weighted by atomic mass is 32.2. The Balaban J connectivity index is 1.34. The van der Waals surface area contributed by atoms with Crippen molar-refractivity contribution in [2.45, 2.75) is 55.7 Å². The van der Waals surface area contributed by atoms with Crippen molar-refractivity contribution in [1.82, 2.24) is 0 Å². The Labute approximate surface area is 205 Å². The van der Waals surface area contributed by atoms with Gasteiger partial charge in [-0.15, -0.1) is 0 Å². The summed E-state index contributed by atoms with van der Waals surface area (Å²) in [6.07, 6.45) is -2.89. The van der Waals surface area contributed by atoms with E-state index in [1.807, 2.05) is 67.6 Å². The van der Waals surface area contributed by atoms with Gasteiger partial charge in [-0.3, -0.25) is 4.18 Å². The van der Waals surface area contributed by atoms with Crippen molar-refractivity contribution in [2.24, 2.45) is 0 Å². The molecule has 5 atom stereocenters. The zero-order valence-electron chi connectivity index (χ0n) is 19.4. The lowest BCUT2D eigenvalue weighted by Crippen LogP contribution is -2.54. The second-order valence-electron chi connectivity index (χ2n) is 8.73. The Morgan fingerprint density at radius 1 is 0.857 bits per heavy atom. The van der Waals surface area contributed by atoms with E-state index in [9.17, 15) is 8.42 Å². The van der Waals surface area contributed by atoms with Gasteiger partial charge in [0.2, 0.25) is 0 Å². The van der Waals surface area contributed by atoms with Gasteiger partial charge in [0.25, 0.3) is 10.1 Å². The van der Waals surface area contributed by atoms with Crippen molar-refractivity contribution in [3.8, 4) is 0 Å². The summed E-state index contributed by atoms with van der Waals surface area (Å²) < 4.78 is 56.1. The Morgan fingerprint density at radius 3 is 2.26 bits per heavy atom. The van der Waals surface area contributed by atoms with Gasteiger partial charge in [-0.2, -0.15) is 8.42 Å². The summed E-state index contributed by atoms with van der Waals surface area (Å²) >= 11 is 0. The summed E-state index contributed by atoms with van der Waals surface area (Å²) in [7, 11) is -4.04. The van der Waals surface area contributed by atoms with Gasteiger partial charge < -0.3 is 18.9 Å². The molecule has 8 heteroatoms. The van der Waals surface area contributed by atoms with Crippen molar-refractivity contribution in [2.75, 3.05) is 6.61 Å². The van der Waals surface area contributed by atoms with Gasteiger partial charge in [0.05, 0.1) is 24.2 Å². The average molecular weight is 497 g/mol. The molecule has 0 N–H and O–H groups in total. The van der Waals surface area contributed by atoms with Crippen LogP contribution in [0.1, 0.15) is 29.4 Å². The highest BCUT2D eigenvalue weighted by Crippen LogP contribution is 2.36. The van der Waals surface area contributed by atoms with Gasteiger partial charge in [0.1, 0.15) is 12.2 Å². The summed E-state index contributed by atoms with van der Waals surface area (Å²) in [4.78, 5) is 0.0853. The first-order chi connectivity index (χ1) is 17.0. The molecular formula is C27H28O7S. The minimum absolute atomic E-state index is 0.0853. The molecule has 5 rings (SSSR count). The summed E-state index contributed by atoms with van der Waals surface area (Å²) in [5.41, 5.74) is 2.79. The molecule has 2 heterocycles. The smallest absolute Gasteiger partial charge is 0.297 e. The molecule has 3 aromatic rings. The number of ether oxygens (including phenoxy) is 4. The lowest BCUT2D eigenvalue weighted by atomic mass is 10.0. The number of hydrogen-bond donors (Lipinski definition) is 0. The fourth-order valence-electron chi connectivity index (χ4n) is 4.20. The third kappa shape index (κ3) is 5.81. The first-order valence-electron chi connectivity index (χ1n) is 11.6. The maximum absolute atomic E-state index is 13.1. The van der Waals surface area contributed by atoms with Gasteiger partial charge >= 0.3 is 0 Å². The van der Waals surface area contributed by atoms with Gasteiger partial charge in [-0.1, -0.05) is 78.4 Å². The first kappa shape index (κ1) is 24.1. The number of hydrogen-bond acceptors (Lipinski definition) is 7. The van der Waals surface area contributed by atoms with Gasteiger partial charge in [-0.25, -0.2) is 0 Å². The van der Waals surface area contributed by atoms with Crippen molar-refractivity contribution in [3.05, 3.63) is 102 Å². The SMILES string of the molecule is Cc1ccc(S(=O)(=O)OC2CC3OC(c4ccccc4)OCC3OC2OCc2ccccc2)cc1. The van der Waals surface area contributed by atoms with Gasteiger partial charge in [0.15, 0.2) is 12.6 Å². The molecule has 2 aliphatic heterocycles. The highest BCUT2D eigenvalue weighted by molar-refractivity contribution is 7.86. The zero-order chi connectivity index (χ0) is 24.3. The molecule has 0 saturated carbocycles. The number of aryl methyl sites for hydroxylation is 1. The average Bonchev–Trinajstić information content (AvgIpc) is 2.88. The molecule has 184 valence electrons. The van der Waals surface area contributed by atoms with E-state index in [1.54, 1.807) is 12.1 Å². The lowest BCUT2D eigenvalue weighted by Gasteiger charge is -2.44. The van der Waals surface area contributed by atoms with Crippen LogP contribution in [0.25, 0.3) is 0 Å². The van der Waals surface area contributed by atoms with Crippen molar-refractivity contribution in [1.29, 1.82) is 0 Å². The van der Waals surface area contributed by atoms with E-state index >= 15 is 0 Å². The summed E-state index contributed by atoms with van der Waals surface area (Å²) in [5, 5.41) is 0. The van der Waals surface area contributed by atoms with Crippen molar-refractivity contribution < 1.29 is 31.5 Å². The monoisotopic (exact) mass is 496 g/mol. The fraction of sp³-hybridized carbons (Fsp3) is 0.333. The molecule has 0 spiro atoms. The van der Waals surface area contributed by atoms with Crippen LogP contribution in [0.2, 0.25) is 0 Å². The number of rotatable bonds is 7. The van der Waals surface area contributed by atoms with Crippen LogP contribution in [0.15, 0.2) is 89.8 Å². The lowest BCUT2D eigenvalue weighted by molar-refractivity contribution is -0.335. The maximum atomic E-state index is 13.1. The van der Waals surface area contributed by atoms with E-state index < -0.39 is 41.0 Å². The van der Waals surface area contributed by atoms with Crippen molar-refractivity contribution >= 4 is 10.1 Å². The van der Waals surface area contributed by atoms with Crippen LogP contribution in [-0.4, -0.2) is 39.6 Å². The molecule has 35 heavy (non-hydrogen) atoms. The third-order valence-corrected chi connectivity index (χ3v) is 7.44. The minimum Gasteiger partial charge on any atom is -0.346 e. The second-order valence-corrected chi connectivity index (χ2v) is 10.3. The summed E-state index contributed by atoms with van der Waals surface area (Å²) in [6.45, 7) is 2.44. The Kier molecular flexibility index (Phi) is 7.29. The van der Waals surface area contributed by atoms with Crippen LogP contribution >= 0.6 is 0 Å². The topological polar surface area (TPSA) is 80.3 Å². The molecule has 0 aromatic heterocycles. The molecule has 2 aliphatic rings. The number of benzene rings is 3. The highest BCUT2D eigenvalue weighted by Gasteiger charge is 2.46. The van der Waals surface area contributed by atoms with E-state index in [0.717, 1.165) is 16.7 Å². The standard InChI is InChI=1S/C27H28O7S/c1-19-12-14-22(15-13-19)35(28,29)34-24-16-23-25(18-31-26(32-23)21-10-6-3-7-11-21)33-27(24)30-17-20-8-4-2-5-9-20/h2-15,23-27H,16-18H2,1H3. The molecule has 0 amide bonds. The van der Waals surface area contributed by atoms with E-state index in [1.165, 1.54) is 12.1 Å². The predicted molar refractivity (Wildman–Crippen MR) is 128 cm³/mol. The van der Waals surface area contributed by atoms with Gasteiger partial charge in [-0.05, 0) is 24.6 Å². The summed E-state index contributed by atoms with van der Waals surface area (Å²) in [5.74, 6) is 0. The molecule has 5 unspecified atom stereocenters.